The number of nitrogens with one attached hydrogen (secondary N) is 1. The number of aromatic amines is 1. The first kappa shape index (κ1) is 24.1. The summed E-state index contributed by atoms with van der Waals surface area (Å²) < 4.78 is 10.7. The van der Waals surface area contributed by atoms with E-state index in [1.165, 1.54) is 0 Å². The van der Waals surface area contributed by atoms with Crippen LogP contribution in [0.2, 0.25) is 5.02 Å². The van der Waals surface area contributed by atoms with Gasteiger partial charge in [0.05, 0.1) is 18.6 Å². The molecule has 1 saturated carbocycles. The summed E-state index contributed by atoms with van der Waals surface area (Å²) in [5.74, 6) is -1.20. The predicted octanol–water partition coefficient (Wildman–Crippen LogP) is 4.26. The van der Waals surface area contributed by atoms with Crippen LogP contribution in [0.1, 0.15) is 57.4 Å². The molecule has 0 spiro atoms. The topological polar surface area (TPSA) is 115 Å². The number of hydrogen-bond donors (Lipinski definition) is 2. The van der Waals surface area contributed by atoms with Gasteiger partial charge in [0.1, 0.15) is 11.3 Å². The number of ether oxygens (including phenoxy) is 2. The molecule has 9 heteroatoms. The van der Waals surface area contributed by atoms with Gasteiger partial charge >= 0.3 is 12.1 Å². The Labute approximate surface area is 192 Å². The van der Waals surface area contributed by atoms with Gasteiger partial charge in [0, 0.05) is 22.0 Å². The Balaban J connectivity index is 1.90. The highest BCUT2D eigenvalue weighted by Gasteiger charge is 2.42. The number of benzene rings is 1. The third-order valence-electron chi connectivity index (χ3n) is 5.44. The normalized spacial score (nSPS) is 21.2. The maximum Gasteiger partial charge on any atom is 0.417 e. The molecule has 1 aliphatic carbocycles. The average Bonchev–Trinajstić information content (AvgIpc) is 3.11. The van der Waals surface area contributed by atoms with Crippen LogP contribution in [0.4, 0.5) is 4.79 Å². The molecule has 3 unspecified atom stereocenters. The van der Waals surface area contributed by atoms with Crippen molar-refractivity contribution in [3.05, 3.63) is 35.0 Å². The molecule has 1 fully saturated rings. The number of nitrogens with zero attached hydrogens (tertiary/aromatic N) is 1. The number of imide groups is 1. The van der Waals surface area contributed by atoms with Crippen LogP contribution in [0.25, 0.3) is 10.9 Å². The summed E-state index contributed by atoms with van der Waals surface area (Å²) >= 11 is 6.06. The molecule has 2 amide bonds. The molecule has 2 aromatic rings. The fourth-order valence-corrected chi connectivity index (χ4v) is 4.19. The van der Waals surface area contributed by atoms with E-state index in [0.717, 1.165) is 15.8 Å². The van der Waals surface area contributed by atoms with Crippen LogP contribution >= 0.6 is 11.6 Å². The molecule has 0 bridgehead atoms. The molecule has 1 aromatic carbocycles. The summed E-state index contributed by atoms with van der Waals surface area (Å²) in [5.41, 5.74) is 6.53. The second kappa shape index (κ2) is 9.50. The van der Waals surface area contributed by atoms with Crippen LogP contribution in [0.3, 0.4) is 0 Å². The van der Waals surface area contributed by atoms with Gasteiger partial charge in [0.25, 0.3) is 5.91 Å². The molecule has 174 valence electrons. The number of hydrogen-bond acceptors (Lipinski definition) is 6. The quantitative estimate of drug-likeness (QED) is 0.654. The number of aromatic nitrogens is 1. The van der Waals surface area contributed by atoms with Gasteiger partial charge in [-0.3, -0.25) is 9.59 Å². The van der Waals surface area contributed by atoms with Gasteiger partial charge in [0.15, 0.2) is 0 Å². The summed E-state index contributed by atoms with van der Waals surface area (Å²) in [4.78, 5) is 42.9. The molecule has 8 nitrogen and oxygen atoms in total. The van der Waals surface area contributed by atoms with Crippen LogP contribution in [0, 0.1) is 5.92 Å². The minimum Gasteiger partial charge on any atom is -0.466 e. The summed E-state index contributed by atoms with van der Waals surface area (Å²) in [6.07, 6.45) is 0.390. The van der Waals surface area contributed by atoms with Crippen molar-refractivity contribution in [1.82, 2.24) is 9.88 Å². The summed E-state index contributed by atoms with van der Waals surface area (Å²) in [6, 6.07) is 5.66. The highest BCUT2D eigenvalue weighted by molar-refractivity contribution is 6.31. The van der Waals surface area contributed by atoms with E-state index >= 15 is 0 Å². The van der Waals surface area contributed by atoms with Crippen molar-refractivity contribution in [2.75, 3.05) is 6.61 Å². The van der Waals surface area contributed by atoms with E-state index in [9.17, 15) is 14.4 Å². The lowest BCUT2D eigenvalue weighted by atomic mass is 9.82. The van der Waals surface area contributed by atoms with E-state index in [1.807, 2.05) is 0 Å². The third-order valence-corrected chi connectivity index (χ3v) is 5.67. The smallest absolute Gasteiger partial charge is 0.417 e. The Morgan fingerprint density at radius 2 is 1.94 bits per heavy atom. The van der Waals surface area contributed by atoms with Crippen molar-refractivity contribution in [2.45, 2.75) is 64.6 Å². The molecule has 3 rings (SSSR count). The number of H-pyrrole nitrogens is 1. The van der Waals surface area contributed by atoms with Gasteiger partial charge in [0.2, 0.25) is 0 Å². The second-order valence-electron chi connectivity index (χ2n) is 9.06. The van der Waals surface area contributed by atoms with Crippen LogP contribution in [-0.4, -0.2) is 52.1 Å². The zero-order valence-corrected chi connectivity index (χ0v) is 19.6. The van der Waals surface area contributed by atoms with Gasteiger partial charge in [-0.05, 0) is 71.2 Å². The van der Waals surface area contributed by atoms with Gasteiger partial charge in [-0.25, -0.2) is 9.69 Å². The summed E-state index contributed by atoms with van der Waals surface area (Å²) in [5, 5.41) is 1.29. The largest absolute Gasteiger partial charge is 0.466 e. The van der Waals surface area contributed by atoms with Crippen molar-refractivity contribution in [2.24, 2.45) is 11.7 Å². The number of carbonyl (C=O) groups excluding carboxylic acids is 3. The van der Waals surface area contributed by atoms with Crippen molar-refractivity contribution in [3.63, 3.8) is 0 Å². The fourth-order valence-electron chi connectivity index (χ4n) is 4.01. The minimum atomic E-state index is -0.796. The van der Waals surface area contributed by atoms with E-state index in [-0.39, 0.29) is 17.6 Å². The first-order valence-corrected chi connectivity index (χ1v) is 11.1. The van der Waals surface area contributed by atoms with E-state index in [2.05, 4.69) is 4.98 Å². The van der Waals surface area contributed by atoms with E-state index in [0.29, 0.717) is 30.9 Å². The number of carbonyl (C=O) groups is 3. The number of rotatable bonds is 4. The Morgan fingerprint density at radius 3 is 2.56 bits per heavy atom. The van der Waals surface area contributed by atoms with E-state index in [4.69, 9.17) is 26.8 Å². The number of esters is 1. The molecular formula is C23H30ClN3O5. The third kappa shape index (κ3) is 5.42. The van der Waals surface area contributed by atoms with Gasteiger partial charge < -0.3 is 20.2 Å². The van der Waals surface area contributed by atoms with E-state index in [1.54, 1.807) is 52.0 Å². The maximum atomic E-state index is 13.5. The highest BCUT2D eigenvalue weighted by Crippen LogP contribution is 2.31. The standard InChI is InChI=1S/C23H30ClN3O5/c1-5-31-21(29)13-6-9-19(16(25)11-13)27(22(30)32-23(2,3)4)20(28)18-12-14-10-15(24)7-8-17(14)26-18/h7-8,10,12-13,16,19,26H,5-6,9,11,25H2,1-4H3. The first-order valence-electron chi connectivity index (χ1n) is 10.8. The van der Waals surface area contributed by atoms with Crippen LogP contribution in [0.5, 0.6) is 0 Å². The highest BCUT2D eigenvalue weighted by atomic mass is 35.5. The molecule has 32 heavy (non-hydrogen) atoms. The van der Waals surface area contributed by atoms with Gasteiger partial charge in [-0.15, -0.1) is 0 Å². The van der Waals surface area contributed by atoms with Crippen molar-refractivity contribution in [3.8, 4) is 0 Å². The first-order chi connectivity index (χ1) is 15.0. The number of nitrogens with two attached hydrogens (primary N) is 1. The molecule has 1 aromatic heterocycles. The molecule has 1 heterocycles. The van der Waals surface area contributed by atoms with Crippen molar-refractivity contribution < 1.29 is 23.9 Å². The van der Waals surface area contributed by atoms with Crippen LogP contribution in [-0.2, 0) is 14.3 Å². The molecule has 1 aliphatic rings. The fraction of sp³-hybridized carbons (Fsp3) is 0.522. The molecule has 0 radical (unpaired) electrons. The Bertz CT molecular complexity index is 1010. The van der Waals surface area contributed by atoms with Crippen molar-refractivity contribution in [1.29, 1.82) is 0 Å². The summed E-state index contributed by atoms with van der Waals surface area (Å²) in [7, 11) is 0. The Hall–Kier alpha value is -2.58. The molecule has 0 aliphatic heterocycles. The molecule has 3 atom stereocenters. The van der Waals surface area contributed by atoms with E-state index < -0.39 is 29.7 Å². The zero-order valence-electron chi connectivity index (χ0n) is 18.8. The van der Waals surface area contributed by atoms with Crippen molar-refractivity contribution >= 4 is 40.5 Å². The maximum absolute atomic E-state index is 13.5. The Morgan fingerprint density at radius 1 is 1.22 bits per heavy atom. The van der Waals surface area contributed by atoms with Gasteiger partial charge in [-0.1, -0.05) is 11.6 Å². The number of fused-ring (bicyclic) bond motifs is 1. The molecule has 0 saturated heterocycles. The van der Waals surface area contributed by atoms with Crippen LogP contribution in [0.15, 0.2) is 24.3 Å². The average molecular weight is 464 g/mol. The molecular weight excluding hydrogens is 434 g/mol. The SMILES string of the molecule is CCOC(=O)C1CCC(N(C(=O)OC(C)(C)C)C(=O)c2cc3cc(Cl)ccc3[nH]2)C(N)C1. The lowest BCUT2D eigenvalue weighted by molar-refractivity contribution is -0.149. The molecule has 3 N–H and O–H groups in total. The predicted molar refractivity (Wildman–Crippen MR) is 121 cm³/mol. The lowest BCUT2D eigenvalue weighted by Gasteiger charge is -2.39. The lowest BCUT2D eigenvalue weighted by Crippen LogP contribution is -2.57. The zero-order chi connectivity index (χ0) is 23.6. The Kier molecular flexibility index (Phi) is 7.15. The second-order valence-corrected chi connectivity index (χ2v) is 9.50. The number of halogens is 1. The van der Waals surface area contributed by atoms with Gasteiger partial charge in [-0.2, -0.15) is 0 Å². The minimum absolute atomic E-state index is 0.229. The summed E-state index contributed by atoms with van der Waals surface area (Å²) in [6.45, 7) is 7.24. The number of amides is 2. The monoisotopic (exact) mass is 463 g/mol. The van der Waals surface area contributed by atoms with Crippen LogP contribution < -0.4 is 5.73 Å².